The molecule has 5 nitrogen and oxygen atoms in total. The molecule has 2 rings (SSSR count). The smallest absolute Gasteiger partial charge is 0.416 e. The minimum Gasteiger partial charge on any atom is -0.489 e. The minimum absolute atomic E-state index is 0.0149. The minimum atomic E-state index is -4.45. The molecule has 0 aliphatic heterocycles. The van der Waals surface area contributed by atoms with Crippen molar-refractivity contribution in [2.45, 2.75) is 19.7 Å². The quantitative estimate of drug-likeness (QED) is 0.332. The highest BCUT2D eigenvalue weighted by atomic mass is 19.4. The molecule has 0 aliphatic rings. The van der Waals surface area contributed by atoms with E-state index in [4.69, 9.17) is 9.47 Å². The van der Waals surface area contributed by atoms with Crippen molar-refractivity contribution in [3.63, 3.8) is 0 Å². The zero-order valence-corrected chi connectivity index (χ0v) is 14.0. The summed E-state index contributed by atoms with van der Waals surface area (Å²) in [7, 11) is 1.30. The van der Waals surface area contributed by atoms with E-state index < -0.39 is 17.7 Å². The van der Waals surface area contributed by atoms with Gasteiger partial charge in [-0.15, -0.1) is 0 Å². The van der Waals surface area contributed by atoms with Gasteiger partial charge in [-0.05, 0) is 31.2 Å². The summed E-state index contributed by atoms with van der Waals surface area (Å²) in [6.45, 7) is 1.35. The van der Waals surface area contributed by atoms with Crippen LogP contribution in [0.3, 0.4) is 0 Å². The standard InChI is InChI=1S/C18H16F3NO4/c1-12(22-24-2)17(23)26-16-9-4-3-6-13(16)11-25-15-8-5-7-14(10-15)18(19,20)21/h3-10H,11H2,1-2H3. The van der Waals surface area contributed by atoms with Crippen LogP contribution in [0, 0.1) is 0 Å². The van der Waals surface area contributed by atoms with Crippen molar-refractivity contribution in [2.75, 3.05) is 7.11 Å². The Kier molecular flexibility index (Phi) is 6.21. The van der Waals surface area contributed by atoms with Crippen LogP contribution in [-0.4, -0.2) is 18.8 Å². The topological polar surface area (TPSA) is 57.1 Å². The van der Waals surface area contributed by atoms with E-state index in [1.807, 2.05) is 0 Å². The van der Waals surface area contributed by atoms with E-state index in [0.717, 1.165) is 12.1 Å². The molecule has 0 saturated carbocycles. The first-order valence-electron chi connectivity index (χ1n) is 7.49. The van der Waals surface area contributed by atoms with Crippen LogP contribution in [-0.2, 0) is 22.4 Å². The molecule has 0 bridgehead atoms. The Balaban J connectivity index is 2.12. The molecule has 0 unspecified atom stereocenters. The monoisotopic (exact) mass is 367 g/mol. The Bertz CT molecular complexity index is 803. The van der Waals surface area contributed by atoms with Gasteiger partial charge in [0, 0.05) is 5.56 Å². The number of hydrogen-bond acceptors (Lipinski definition) is 5. The van der Waals surface area contributed by atoms with Crippen molar-refractivity contribution in [3.8, 4) is 11.5 Å². The molecule has 0 aliphatic carbocycles. The number of oxime groups is 1. The van der Waals surface area contributed by atoms with Crippen LogP contribution in [0.25, 0.3) is 0 Å². The van der Waals surface area contributed by atoms with Crippen LogP contribution in [0.1, 0.15) is 18.1 Å². The van der Waals surface area contributed by atoms with Gasteiger partial charge in [0.15, 0.2) is 5.71 Å². The SMILES string of the molecule is CON=C(C)C(=O)Oc1ccccc1COc1cccc(C(F)(F)F)c1. The third-order valence-electron chi connectivity index (χ3n) is 3.25. The first-order chi connectivity index (χ1) is 12.3. The van der Waals surface area contributed by atoms with E-state index in [1.165, 1.54) is 26.2 Å². The lowest BCUT2D eigenvalue weighted by Gasteiger charge is -2.12. The van der Waals surface area contributed by atoms with Gasteiger partial charge in [0.25, 0.3) is 0 Å². The molecule has 2 aromatic rings. The van der Waals surface area contributed by atoms with Gasteiger partial charge in [0.1, 0.15) is 25.2 Å². The second-order valence-electron chi connectivity index (χ2n) is 5.17. The summed E-state index contributed by atoms with van der Waals surface area (Å²) in [4.78, 5) is 16.4. The van der Waals surface area contributed by atoms with Gasteiger partial charge in [0.05, 0.1) is 5.56 Å². The third kappa shape index (κ3) is 5.23. The zero-order valence-electron chi connectivity index (χ0n) is 14.0. The normalized spacial score (nSPS) is 11.8. The highest BCUT2D eigenvalue weighted by Crippen LogP contribution is 2.31. The van der Waals surface area contributed by atoms with Crippen molar-refractivity contribution in [1.29, 1.82) is 0 Å². The first kappa shape index (κ1) is 19.3. The summed E-state index contributed by atoms with van der Waals surface area (Å²) in [5, 5.41) is 3.48. The molecule has 0 saturated heterocycles. The second-order valence-corrected chi connectivity index (χ2v) is 5.17. The lowest BCUT2D eigenvalue weighted by atomic mass is 10.2. The second kappa shape index (κ2) is 8.37. The van der Waals surface area contributed by atoms with Crippen LogP contribution in [0.2, 0.25) is 0 Å². The Morgan fingerprint density at radius 2 is 1.85 bits per heavy atom. The van der Waals surface area contributed by atoms with E-state index in [9.17, 15) is 18.0 Å². The summed E-state index contributed by atoms with van der Waals surface area (Å²) in [5.74, 6) is -0.438. The fraction of sp³-hybridized carbons (Fsp3) is 0.222. The summed E-state index contributed by atoms with van der Waals surface area (Å²) in [6, 6.07) is 11.1. The number of para-hydroxylation sites is 1. The van der Waals surface area contributed by atoms with Crippen molar-refractivity contribution >= 4 is 11.7 Å². The number of halogens is 3. The fourth-order valence-corrected chi connectivity index (χ4v) is 1.99. The summed E-state index contributed by atoms with van der Waals surface area (Å²) >= 11 is 0. The molecule has 0 heterocycles. The first-order valence-corrected chi connectivity index (χ1v) is 7.49. The molecular weight excluding hydrogens is 351 g/mol. The molecule has 0 radical (unpaired) electrons. The van der Waals surface area contributed by atoms with Crippen LogP contribution in [0.5, 0.6) is 11.5 Å². The van der Waals surface area contributed by atoms with Gasteiger partial charge in [-0.1, -0.05) is 29.4 Å². The van der Waals surface area contributed by atoms with Gasteiger partial charge in [-0.2, -0.15) is 13.2 Å². The van der Waals surface area contributed by atoms with Gasteiger partial charge in [0.2, 0.25) is 0 Å². The molecule has 0 N–H and O–H groups in total. The van der Waals surface area contributed by atoms with Crippen molar-refractivity contribution < 1.29 is 32.3 Å². The molecule has 138 valence electrons. The maximum atomic E-state index is 12.7. The molecule has 0 amide bonds. The van der Waals surface area contributed by atoms with Crippen molar-refractivity contribution in [3.05, 3.63) is 59.7 Å². The summed E-state index contributed by atoms with van der Waals surface area (Å²) in [6.07, 6.45) is -4.45. The highest BCUT2D eigenvalue weighted by molar-refractivity contribution is 6.35. The fourth-order valence-electron chi connectivity index (χ4n) is 1.99. The number of alkyl halides is 3. The largest absolute Gasteiger partial charge is 0.489 e. The van der Waals surface area contributed by atoms with Crippen molar-refractivity contribution in [2.24, 2.45) is 5.16 Å². The average molecular weight is 367 g/mol. The highest BCUT2D eigenvalue weighted by Gasteiger charge is 2.30. The summed E-state index contributed by atoms with van der Waals surface area (Å²) in [5.41, 5.74) is -0.300. The molecule has 0 aromatic heterocycles. The summed E-state index contributed by atoms with van der Waals surface area (Å²) < 4.78 is 48.9. The number of benzene rings is 2. The molecule has 0 spiro atoms. The number of hydrogen-bond donors (Lipinski definition) is 0. The maximum absolute atomic E-state index is 12.7. The zero-order chi connectivity index (χ0) is 19.2. The number of esters is 1. The Morgan fingerprint density at radius 3 is 2.54 bits per heavy atom. The van der Waals surface area contributed by atoms with Crippen molar-refractivity contribution in [1.82, 2.24) is 0 Å². The van der Waals surface area contributed by atoms with E-state index in [2.05, 4.69) is 9.99 Å². The van der Waals surface area contributed by atoms with Gasteiger partial charge < -0.3 is 14.3 Å². The van der Waals surface area contributed by atoms with Gasteiger partial charge in [-0.3, -0.25) is 0 Å². The van der Waals surface area contributed by atoms with Crippen LogP contribution in [0.15, 0.2) is 53.7 Å². The van der Waals surface area contributed by atoms with E-state index >= 15 is 0 Å². The predicted octanol–water partition coefficient (Wildman–Crippen LogP) is 4.21. The van der Waals surface area contributed by atoms with Crippen LogP contribution < -0.4 is 9.47 Å². The van der Waals surface area contributed by atoms with E-state index in [0.29, 0.717) is 5.56 Å². The molecule has 0 fully saturated rings. The van der Waals surface area contributed by atoms with Gasteiger partial charge in [-0.25, -0.2) is 4.79 Å². The van der Waals surface area contributed by atoms with E-state index in [-0.39, 0.29) is 23.8 Å². The van der Waals surface area contributed by atoms with Gasteiger partial charge >= 0.3 is 12.1 Å². The average Bonchev–Trinajstić information content (AvgIpc) is 2.60. The predicted molar refractivity (Wildman–Crippen MR) is 88.0 cm³/mol. The van der Waals surface area contributed by atoms with Crippen LogP contribution in [0.4, 0.5) is 13.2 Å². The molecule has 26 heavy (non-hydrogen) atoms. The lowest BCUT2D eigenvalue weighted by Crippen LogP contribution is -2.18. The molecule has 0 atom stereocenters. The van der Waals surface area contributed by atoms with Crippen LogP contribution >= 0.6 is 0 Å². The number of ether oxygens (including phenoxy) is 2. The molecule has 2 aromatic carbocycles. The van der Waals surface area contributed by atoms with E-state index in [1.54, 1.807) is 24.3 Å². The Morgan fingerprint density at radius 1 is 1.12 bits per heavy atom. The number of carbonyl (C=O) groups excluding carboxylic acids is 1. The maximum Gasteiger partial charge on any atom is 0.416 e. The molecular formula is C18H16F3NO4. The lowest BCUT2D eigenvalue weighted by molar-refractivity contribution is -0.137. The Labute approximate surface area is 148 Å². The Hall–Kier alpha value is -3.03. The number of carbonyl (C=O) groups is 1. The number of nitrogens with zero attached hydrogens (tertiary/aromatic N) is 1. The molecule has 8 heteroatoms. The number of rotatable bonds is 6. The third-order valence-corrected chi connectivity index (χ3v) is 3.25.